The number of anilines is 1. The van der Waals surface area contributed by atoms with Crippen molar-refractivity contribution in [2.45, 2.75) is 40.5 Å². The number of carbonyl (C=O) groups excluding carboxylic acids is 3. The van der Waals surface area contributed by atoms with E-state index >= 15 is 0 Å². The Morgan fingerprint density at radius 2 is 1.57 bits per heavy atom. The van der Waals surface area contributed by atoms with Crippen molar-refractivity contribution in [1.82, 2.24) is 5.32 Å². The number of ether oxygens (including phenoxy) is 1. The number of hydrogen-bond acceptors (Lipinski definition) is 6. The summed E-state index contributed by atoms with van der Waals surface area (Å²) in [6, 6.07) is 4.80. The van der Waals surface area contributed by atoms with Crippen molar-refractivity contribution in [2.24, 2.45) is 11.8 Å². The second kappa shape index (κ2) is 12.7. The molecule has 8 nitrogen and oxygen atoms in total. The van der Waals surface area contributed by atoms with Gasteiger partial charge in [-0.2, -0.15) is 0 Å². The number of aliphatic carboxylic acids is 1. The summed E-state index contributed by atoms with van der Waals surface area (Å²) < 4.78 is 5.46. The number of hydrogen-bond donors (Lipinski definition) is 3. The first-order valence-corrected chi connectivity index (χ1v) is 10.2. The van der Waals surface area contributed by atoms with Gasteiger partial charge >= 0.3 is 5.97 Å². The predicted molar refractivity (Wildman–Crippen MR) is 114 cm³/mol. The maximum Gasteiger partial charge on any atom is 0.305 e. The van der Waals surface area contributed by atoms with Gasteiger partial charge in [0.25, 0.3) is 5.91 Å². The Kier molecular flexibility index (Phi) is 10.7. The van der Waals surface area contributed by atoms with Crippen LogP contribution in [-0.2, 0) is 14.3 Å². The van der Waals surface area contributed by atoms with Crippen LogP contribution in [0.1, 0.15) is 61.3 Å². The lowest BCUT2D eigenvalue weighted by Crippen LogP contribution is -2.26. The molecule has 30 heavy (non-hydrogen) atoms. The first-order chi connectivity index (χ1) is 14.1. The van der Waals surface area contributed by atoms with Crippen molar-refractivity contribution in [3.05, 3.63) is 29.3 Å². The van der Waals surface area contributed by atoms with Gasteiger partial charge in [-0.3, -0.25) is 19.2 Å². The van der Waals surface area contributed by atoms with Gasteiger partial charge in [0.15, 0.2) is 5.78 Å². The highest BCUT2D eigenvalue weighted by molar-refractivity contribution is 6.02. The quantitative estimate of drug-likeness (QED) is 0.312. The number of amides is 1. The smallest absolute Gasteiger partial charge is 0.305 e. The van der Waals surface area contributed by atoms with E-state index in [0.717, 1.165) is 0 Å². The summed E-state index contributed by atoms with van der Waals surface area (Å²) in [7, 11) is 0. The maximum absolute atomic E-state index is 12.4. The molecule has 0 heterocycles. The number of carboxylic acids is 1. The molecule has 3 N–H and O–H groups in total. The highest BCUT2D eigenvalue weighted by Crippen LogP contribution is 2.18. The molecular weight excluding hydrogens is 388 g/mol. The molecule has 0 radical (unpaired) electrons. The molecular formula is C22H32N2O6. The summed E-state index contributed by atoms with van der Waals surface area (Å²) in [4.78, 5) is 47.0. The molecule has 0 fully saturated rings. The Hall–Kier alpha value is -2.74. The number of ketones is 2. The van der Waals surface area contributed by atoms with Gasteiger partial charge in [0.05, 0.1) is 19.6 Å². The van der Waals surface area contributed by atoms with Crippen molar-refractivity contribution in [1.29, 1.82) is 0 Å². The van der Waals surface area contributed by atoms with Crippen LogP contribution in [-0.4, -0.2) is 54.9 Å². The summed E-state index contributed by atoms with van der Waals surface area (Å²) >= 11 is 0. The van der Waals surface area contributed by atoms with Crippen molar-refractivity contribution in [3.63, 3.8) is 0 Å². The number of rotatable bonds is 14. The second-order valence-electron chi connectivity index (χ2n) is 7.63. The Balaban J connectivity index is 2.73. The van der Waals surface area contributed by atoms with Gasteiger partial charge in [-0.25, -0.2) is 0 Å². The lowest BCUT2D eigenvalue weighted by molar-refractivity contribution is -0.136. The predicted octanol–water partition coefficient (Wildman–Crippen LogP) is 2.77. The van der Waals surface area contributed by atoms with Crippen LogP contribution in [0.5, 0.6) is 0 Å². The normalized spacial score (nSPS) is 10.9. The summed E-state index contributed by atoms with van der Waals surface area (Å²) in [5.41, 5.74) is 1.27. The molecule has 0 aliphatic heterocycles. The zero-order valence-electron chi connectivity index (χ0n) is 18.1. The van der Waals surface area contributed by atoms with Crippen LogP contribution in [0.4, 0.5) is 5.69 Å². The largest absolute Gasteiger partial charge is 0.481 e. The number of nitrogens with one attached hydrogen (secondary N) is 2. The molecule has 0 unspecified atom stereocenters. The third-order valence-corrected chi connectivity index (χ3v) is 4.34. The fourth-order valence-corrected chi connectivity index (χ4v) is 2.55. The third-order valence-electron chi connectivity index (χ3n) is 4.34. The van der Waals surface area contributed by atoms with Crippen molar-refractivity contribution < 1.29 is 29.0 Å². The van der Waals surface area contributed by atoms with E-state index < -0.39 is 11.9 Å². The zero-order valence-corrected chi connectivity index (χ0v) is 18.1. The molecule has 1 rings (SSSR count). The number of benzene rings is 1. The number of carboxylic acid groups (broad SMARTS) is 1. The Morgan fingerprint density at radius 3 is 2.17 bits per heavy atom. The average molecular weight is 421 g/mol. The fraction of sp³-hybridized carbons (Fsp3) is 0.545. The Labute approximate surface area is 177 Å². The molecule has 0 atom stereocenters. The average Bonchev–Trinajstić information content (AvgIpc) is 2.68. The van der Waals surface area contributed by atoms with Crippen LogP contribution in [0.15, 0.2) is 18.2 Å². The molecule has 8 heteroatoms. The van der Waals surface area contributed by atoms with Crippen LogP contribution < -0.4 is 10.6 Å². The molecule has 1 aromatic rings. The summed E-state index contributed by atoms with van der Waals surface area (Å²) in [5, 5.41) is 14.4. The van der Waals surface area contributed by atoms with Crippen molar-refractivity contribution >= 4 is 29.1 Å². The topological polar surface area (TPSA) is 122 Å². The SMILES string of the molecule is CC(C)C(=O)CCOCCNc1cc(C(=O)NCCC(=O)O)cc(C(=O)C(C)C)c1. The Bertz CT molecular complexity index is 758. The number of Topliss-reactive ketones (excluding diaryl/α,β-unsaturated/α-hetero) is 2. The van der Waals surface area contributed by atoms with Crippen molar-refractivity contribution in [3.8, 4) is 0 Å². The lowest BCUT2D eigenvalue weighted by Gasteiger charge is -2.13. The standard InChI is InChI=1S/C22H32N2O6/c1-14(2)19(25)6-9-30-10-8-23-18-12-16(21(28)15(3)4)11-17(13-18)22(29)24-7-5-20(26)27/h11-15,23H,5-10H2,1-4H3,(H,24,29)(H,26,27). The molecule has 166 valence electrons. The molecule has 0 aliphatic carbocycles. The molecule has 0 aliphatic rings. The summed E-state index contributed by atoms with van der Waals surface area (Å²) in [6.45, 7) is 8.42. The minimum atomic E-state index is -1.00. The van der Waals surface area contributed by atoms with E-state index in [1.807, 2.05) is 13.8 Å². The van der Waals surface area contributed by atoms with Crippen LogP contribution in [0.3, 0.4) is 0 Å². The van der Waals surface area contributed by atoms with Gasteiger partial charge in [0.2, 0.25) is 0 Å². The van der Waals surface area contributed by atoms with Gasteiger partial charge in [0.1, 0.15) is 5.78 Å². The Morgan fingerprint density at radius 1 is 0.900 bits per heavy atom. The summed E-state index contributed by atoms with van der Waals surface area (Å²) in [6.07, 6.45) is 0.189. The van der Waals surface area contributed by atoms with E-state index in [2.05, 4.69) is 10.6 Å². The maximum atomic E-state index is 12.4. The van der Waals surface area contributed by atoms with Crippen LogP contribution in [0, 0.1) is 11.8 Å². The van der Waals surface area contributed by atoms with Crippen LogP contribution in [0.2, 0.25) is 0 Å². The van der Waals surface area contributed by atoms with E-state index in [9.17, 15) is 19.2 Å². The molecule has 0 spiro atoms. The van der Waals surface area contributed by atoms with Gasteiger partial charge in [-0.05, 0) is 18.2 Å². The van der Waals surface area contributed by atoms with E-state index in [-0.39, 0.29) is 41.9 Å². The van der Waals surface area contributed by atoms with Crippen LogP contribution >= 0.6 is 0 Å². The first kappa shape index (κ1) is 25.3. The molecule has 1 aromatic carbocycles. The molecule has 0 aromatic heterocycles. The van der Waals surface area contributed by atoms with Gasteiger partial charge in [-0.15, -0.1) is 0 Å². The fourth-order valence-electron chi connectivity index (χ4n) is 2.55. The molecule has 0 saturated carbocycles. The van der Waals surface area contributed by atoms with Crippen LogP contribution in [0.25, 0.3) is 0 Å². The second-order valence-corrected chi connectivity index (χ2v) is 7.63. The summed E-state index contributed by atoms with van der Waals surface area (Å²) in [5.74, 6) is -1.63. The number of carbonyl (C=O) groups is 4. The molecule has 0 bridgehead atoms. The zero-order chi connectivity index (χ0) is 22.7. The van der Waals surface area contributed by atoms with Gasteiger partial charge in [0, 0.05) is 48.2 Å². The van der Waals surface area contributed by atoms with E-state index in [4.69, 9.17) is 9.84 Å². The van der Waals surface area contributed by atoms with Crippen molar-refractivity contribution in [2.75, 3.05) is 31.6 Å². The third kappa shape index (κ3) is 9.17. The van der Waals surface area contributed by atoms with E-state index in [1.54, 1.807) is 26.0 Å². The molecule has 1 amide bonds. The van der Waals surface area contributed by atoms with E-state index in [1.165, 1.54) is 6.07 Å². The minimum absolute atomic E-state index is 0.00220. The minimum Gasteiger partial charge on any atom is -0.481 e. The first-order valence-electron chi connectivity index (χ1n) is 10.2. The highest BCUT2D eigenvalue weighted by Gasteiger charge is 2.16. The van der Waals surface area contributed by atoms with E-state index in [0.29, 0.717) is 37.4 Å². The lowest BCUT2D eigenvalue weighted by atomic mass is 9.98. The monoisotopic (exact) mass is 420 g/mol. The molecule has 0 saturated heterocycles. The van der Waals surface area contributed by atoms with Gasteiger partial charge < -0.3 is 20.5 Å². The highest BCUT2D eigenvalue weighted by atomic mass is 16.5. The van der Waals surface area contributed by atoms with Gasteiger partial charge in [-0.1, -0.05) is 27.7 Å².